The molecule has 28 heavy (non-hydrogen) atoms. The van der Waals surface area contributed by atoms with Crippen LogP contribution in [0.25, 0.3) is 0 Å². The van der Waals surface area contributed by atoms with Crippen LogP contribution in [0.2, 0.25) is 0 Å². The third kappa shape index (κ3) is 4.82. The summed E-state index contributed by atoms with van der Waals surface area (Å²) in [6.45, 7) is 5.71. The van der Waals surface area contributed by atoms with Crippen molar-refractivity contribution in [2.45, 2.75) is 20.4 Å². The molecule has 0 bridgehead atoms. The first-order valence-electron chi connectivity index (χ1n) is 9.25. The molecule has 0 N–H and O–H groups in total. The average molecular weight is 373 g/mol. The zero-order valence-electron chi connectivity index (χ0n) is 16.1. The summed E-state index contributed by atoms with van der Waals surface area (Å²) in [7, 11) is 0. The van der Waals surface area contributed by atoms with Gasteiger partial charge in [-0.15, -0.1) is 0 Å². The van der Waals surface area contributed by atoms with Crippen LogP contribution in [-0.2, 0) is 6.54 Å². The molecular weight excluding hydrogens is 350 g/mol. The van der Waals surface area contributed by atoms with E-state index < -0.39 is 4.92 Å². The van der Waals surface area contributed by atoms with E-state index >= 15 is 0 Å². The molecule has 0 radical (unpaired) electrons. The van der Waals surface area contributed by atoms with Crippen molar-refractivity contribution in [1.29, 1.82) is 0 Å². The van der Waals surface area contributed by atoms with Gasteiger partial charge in [-0.25, -0.2) is 4.99 Å². The molecule has 0 fully saturated rings. The number of hydrogen-bond acceptors (Lipinski definition) is 4. The van der Waals surface area contributed by atoms with E-state index in [1.54, 1.807) is 18.3 Å². The van der Waals surface area contributed by atoms with Crippen molar-refractivity contribution < 1.29 is 4.92 Å². The van der Waals surface area contributed by atoms with E-state index in [9.17, 15) is 10.1 Å². The van der Waals surface area contributed by atoms with Crippen molar-refractivity contribution in [3.63, 3.8) is 0 Å². The maximum Gasteiger partial charge on any atom is 0.295 e. The summed E-state index contributed by atoms with van der Waals surface area (Å²) in [5.74, 6) is 0. The Morgan fingerprint density at radius 2 is 1.75 bits per heavy atom. The molecule has 0 saturated carbocycles. The Balaban J connectivity index is 1.75. The summed E-state index contributed by atoms with van der Waals surface area (Å²) < 4.78 is 0. The highest BCUT2D eigenvalue weighted by molar-refractivity contribution is 5.83. The molecule has 0 aliphatic carbocycles. The highest BCUT2D eigenvalue weighted by atomic mass is 16.6. The second-order valence-electron chi connectivity index (χ2n) is 6.60. The first-order valence-corrected chi connectivity index (χ1v) is 9.25. The molecule has 3 aromatic rings. The van der Waals surface area contributed by atoms with Crippen LogP contribution in [0.3, 0.4) is 0 Å². The Bertz CT molecular complexity index is 967. The molecule has 0 amide bonds. The molecule has 0 heterocycles. The van der Waals surface area contributed by atoms with Gasteiger partial charge >= 0.3 is 0 Å². The second kappa shape index (κ2) is 8.95. The normalized spacial score (nSPS) is 10.9. The van der Waals surface area contributed by atoms with Crippen molar-refractivity contribution in [3.8, 4) is 0 Å². The van der Waals surface area contributed by atoms with Gasteiger partial charge in [0.25, 0.3) is 5.69 Å². The van der Waals surface area contributed by atoms with E-state index in [-0.39, 0.29) is 5.69 Å². The van der Waals surface area contributed by atoms with Crippen molar-refractivity contribution in [2.24, 2.45) is 4.99 Å². The van der Waals surface area contributed by atoms with Crippen LogP contribution in [0.4, 0.5) is 17.1 Å². The molecule has 142 valence electrons. The summed E-state index contributed by atoms with van der Waals surface area (Å²) in [5.41, 5.74) is 4.51. The topological polar surface area (TPSA) is 58.7 Å². The lowest BCUT2D eigenvalue weighted by Crippen LogP contribution is -2.21. The van der Waals surface area contributed by atoms with Crippen molar-refractivity contribution >= 4 is 23.3 Å². The minimum atomic E-state index is -0.397. The van der Waals surface area contributed by atoms with E-state index in [0.717, 1.165) is 29.9 Å². The highest BCUT2D eigenvalue weighted by Crippen LogP contribution is 2.28. The molecule has 0 saturated heterocycles. The van der Waals surface area contributed by atoms with Crippen LogP contribution in [-0.4, -0.2) is 17.7 Å². The smallest absolute Gasteiger partial charge is 0.295 e. The summed E-state index contributed by atoms with van der Waals surface area (Å²) in [4.78, 5) is 17.4. The lowest BCUT2D eigenvalue weighted by atomic mass is 10.1. The number of rotatable bonds is 7. The number of aryl methyl sites for hydroxylation is 1. The largest absolute Gasteiger partial charge is 0.367 e. The Kier molecular flexibility index (Phi) is 6.17. The van der Waals surface area contributed by atoms with Crippen LogP contribution in [0.15, 0.2) is 77.8 Å². The van der Waals surface area contributed by atoms with E-state index in [1.807, 2.05) is 43.3 Å². The van der Waals surface area contributed by atoms with E-state index in [2.05, 4.69) is 41.1 Å². The van der Waals surface area contributed by atoms with Crippen LogP contribution in [0.1, 0.15) is 23.6 Å². The van der Waals surface area contributed by atoms with Gasteiger partial charge in [0.15, 0.2) is 0 Å². The molecule has 3 aromatic carbocycles. The van der Waals surface area contributed by atoms with Crippen LogP contribution in [0, 0.1) is 17.0 Å². The molecule has 5 nitrogen and oxygen atoms in total. The van der Waals surface area contributed by atoms with Crippen molar-refractivity contribution in [1.82, 2.24) is 0 Å². The zero-order valence-corrected chi connectivity index (χ0v) is 16.1. The first kappa shape index (κ1) is 19.3. The Morgan fingerprint density at radius 3 is 2.39 bits per heavy atom. The van der Waals surface area contributed by atoms with E-state index in [4.69, 9.17) is 0 Å². The van der Waals surface area contributed by atoms with Gasteiger partial charge in [0.05, 0.1) is 4.92 Å². The SMILES string of the molecule is CCN(Cc1ccccc1)c1ccc(C=Nc2ccc(C)cc2[N+](=O)[O-])cc1. The number of nitro groups is 1. The number of benzene rings is 3. The zero-order chi connectivity index (χ0) is 19.9. The van der Waals surface area contributed by atoms with Gasteiger partial charge in [0, 0.05) is 31.1 Å². The molecule has 0 aliphatic rings. The molecule has 0 aromatic heterocycles. The molecule has 0 unspecified atom stereocenters. The Morgan fingerprint density at radius 1 is 1.04 bits per heavy atom. The monoisotopic (exact) mass is 373 g/mol. The molecule has 0 atom stereocenters. The minimum absolute atomic E-state index is 0.0212. The molecular formula is C23H23N3O2. The second-order valence-corrected chi connectivity index (χ2v) is 6.60. The average Bonchev–Trinajstić information content (AvgIpc) is 2.72. The van der Waals surface area contributed by atoms with E-state index in [1.165, 1.54) is 5.56 Å². The van der Waals surface area contributed by atoms with E-state index in [0.29, 0.717) is 5.69 Å². The molecule has 0 aliphatic heterocycles. The fraction of sp³-hybridized carbons (Fsp3) is 0.174. The molecule has 0 spiro atoms. The van der Waals surface area contributed by atoms with Gasteiger partial charge in [-0.1, -0.05) is 48.5 Å². The minimum Gasteiger partial charge on any atom is -0.367 e. The van der Waals surface area contributed by atoms with Gasteiger partial charge < -0.3 is 4.90 Å². The Labute approximate surface area is 165 Å². The quantitative estimate of drug-likeness (QED) is 0.304. The third-order valence-corrected chi connectivity index (χ3v) is 4.54. The lowest BCUT2D eigenvalue weighted by Gasteiger charge is -2.23. The number of nitrogens with zero attached hydrogens (tertiary/aromatic N) is 3. The predicted molar refractivity (Wildman–Crippen MR) is 115 cm³/mol. The third-order valence-electron chi connectivity index (χ3n) is 4.54. The van der Waals surface area contributed by atoms with Gasteiger partial charge in [-0.2, -0.15) is 0 Å². The predicted octanol–water partition coefficient (Wildman–Crippen LogP) is 5.68. The van der Waals surface area contributed by atoms with Crippen LogP contribution >= 0.6 is 0 Å². The summed E-state index contributed by atoms with van der Waals surface area (Å²) >= 11 is 0. The maximum atomic E-state index is 11.2. The van der Waals surface area contributed by atoms with Crippen molar-refractivity contribution in [2.75, 3.05) is 11.4 Å². The van der Waals surface area contributed by atoms with Gasteiger partial charge in [0.2, 0.25) is 0 Å². The fourth-order valence-electron chi connectivity index (χ4n) is 2.99. The molecule has 3 rings (SSSR count). The summed E-state index contributed by atoms with van der Waals surface area (Å²) in [6, 6.07) is 23.5. The van der Waals surface area contributed by atoms with Gasteiger partial charge in [-0.05, 0) is 48.7 Å². The number of hydrogen-bond donors (Lipinski definition) is 0. The first-order chi connectivity index (χ1) is 13.6. The summed E-state index contributed by atoms with van der Waals surface area (Å²) in [6.07, 6.45) is 1.66. The van der Waals surface area contributed by atoms with Gasteiger partial charge in [-0.3, -0.25) is 10.1 Å². The highest BCUT2D eigenvalue weighted by Gasteiger charge is 2.12. The van der Waals surface area contributed by atoms with Crippen LogP contribution < -0.4 is 4.90 Å². The summed E-state index contributed by atoms with van der Waals surface area (Å²) in [5, 5.41) is 11.2. The Hall–Kier alpha value is -3.47. The maximum absolute atomic E-state index is 11.2. The lowest BCUT2D eigenvalue weighted by molar-refractivity contribution is -0.384. The molecule has 5 heteroatoms. The van der Waals surface area contributed by atoms with Crippen molar-refractivity contribution in [3.05, 3.63) is 99.6 Å². The number of anilines is 1. The standard InChI is InChI=1S/C23H23N3O2/c1-3-25(17-20-7-5-4-6-8-20)21-12-10-19(11-13-21)16-24-22-14-9-18(2)15-23(22)26(27)28/h4-16H,3,17H2,1-2H3. The van der Waals surface area contributed by atoms with Gasteiger partial charge in [0.1, 0.15) is 5.69 Å². The number of aliphatic imine (C=N–C) groups is 1. The fourth-order valence-corrected chi connectivity index (χ4v) is 2.99. The van der Waals surface area contributed by atoms with Crippen LogP contribution in [0.5, 0.6) is 0 Å². The number of nitro benzene ring substituents is 1.